The molecule has 2 rings (SSSR count). The number of aromatic nitrogens is 3. The van der Waals surface area contributed by atoms with Gasteiger partial charge in [0.2, 0.25) is 0 Å². The van der Waals surface area contributed by atoms with Crippen LogP contribution < -0.4 is 5.32 Å². The molecule has 1 aromatic carbocycles. The first-order valence-electron chi connectivity index (χ1n) is 6.02. The molecule has 1 heterocycles. The number of nitrogens with one attached hydrogen (secondary N) is 1. The van der Waals surface area contributed by atoms with E-state index in [2.05, 4.69) is 28.4 Å². The largest absolute Gasteiger partial charge is 0.380 e. The van der Waals surface area contributed by atoms with Gasteiger partial charge in [0.05, 0.1) is 13.2 Å². The fourth-order valence-corrected chi connectivity index (χ4v) is 1.81. The molecule has 0 saturated carbocycles. The molecule has 0 unspecified atom stereocenters. The predicted molar refractivity (Wildman–Crippen MR) is 70.2 cm³/mol. The smallest absolute Gasteiger partial charge is 0.146 e. The zero-order valence-corrected chi connectivity index (χ0v) is 10.8. The summed E-state index contributed by atoms with van der Waals surface area (Å²) in [5, 5.41) is 7.48. The number of nitrogens with zero attached hydrogens (tertiary/aromatic N) is 3. The zero-order chi connectivity index (χ0) is 12.8. The third kappa shape index (κ3) is 3.07. The van der Waals surface area contributed by atoms with Gasteiger partial charge in [-0.25, -0.2) is 9.67 Å². The van der Waals surface area contributed by atoms with Gasteiger partial charge in [-0.05, 0) is 24.6 Å². The Morgan fingerprint density at radius 2 is 2.28 bits per heavy atom. The Bertz CT molecular complexity index is 495. The van der Waals surface area contributed by atoms with Crippen LogP contribution >= 0.6 is 0 Å². The second-order valence-corrected chi connectivity index (χ2v) is 3.98. The summed E-state index contributed by atoms with van der Waals surface area (Å²) >= 11 is 0. The molecular weight excluding hydrogens is 228 g/mol. The molecule has 2 aromatic rings. The first kappa shape index (κ1) is 12.6. The van der Waals surface area contributed by atoms with Crippen molar-refractivity contribution in [3.8, 4) is 0 Å². The van der Waals surface area contributed by atoms with E-state index >= 15 is 0 Å². The minimum absolute atomic E-state index is 0.626. The van der Waals surface area contributed by atoms with E-state index < -0.39 is 0 Å². The van der Waals surface area contributed by atoms with E-state index in [1.54, 1.807) is 13.4 Å². The van der Waals surface area contributed by atoms with E-state index in [-0.39, 0.29) is 0 Å². The van der Waals surface area contributed by atoms with Crippen LogP contribution in [0.1, 0.15) is 18.3 Å². The quantitative estimate of drug-likeness (QED) is 0.847. The maximum atomic E-state index is 5.12. The molecule has 96 valence electrons. The maximum Gasteiger partial charge on any atom is 0.146 e. The maximum absolute atomic E-state index is 5.12. The molecule has 0 aliphatic rings. The van der Waals surface area contributed by atoms with E-state index in [0.717, 1.165) is 23.6 Å². The van der Waals surface area contributed by atoms with Crippen molar-refractivity contribution in [3.05, 3.63) is 42.0 Å². The first-order chi connectivity index (χ1) is 8.83. The molecular formula is C13H18N4O. The lowest BCUT2D eigenvalue weighted by molar-refractivity contribution is 0.185. The van der Waals surface area contributed by atoms with E-state index in [1.807, 2.05) is 22.9 Å². The Labute approximate surface area is 107 Å². The van der Waals surface area contributed by atoms with Crippen LogP contribution in [0.2, 0.25) is 0 Å². The first-order valence-corrected chi connectivity index (χ1v) is 6.02. The number of benzene rings is 1. The number of hydrogen-bond acceptors (Lipinski definition) is 4. The Morgan fingerprint density at radius 1 is 1.39 bits per heavy atom. The van der Waals surface area contributed by atoms with Crippen LogP contribution in [0, 0.1) is 0 Å². The highest BCUT2D eigenvalue weighted by Gasteiger charge is 2.02. The van der Waals surface area contributed by atoms with Crippen molar-refractivity contribution < 1.29 is 4.74 Å². The number of rotatable bonds is 6. The number of hydrogen-bond donors (Lipinski definition) is 1. The lowest BCUT2D eigenvalue weighted by Gasteiger charge is -2.08. The van der Waals surface area contributed by atoms with Crippen LogP contribution in [-0.4, -0.2) is 21.9 Å². The van der Waals surface area contributed by atoms with Crippen LogP contribution in [0.15, 0.2) is 30.6 Å². The van der Waals surface area contributed by atoms with Gasteiger partial charge in [-0.2, -0.15) is 5.10 Å². The molecule has 0 aliphatic carbocycles. The third-order valence-electron chi connectivity index (χ3n) is 2.68. The van der Waals surface area contributed by atoms with Crippen molar-refractivity contribution in [2.75, 3.05) is 12.4 Å². The summed E-state index contributed by atoms with van der Waals surface area (Å²) in [6, 6.07) is 8.17. The lowest BCUT2D eigenvalue weighted by Crippen LogP contribution is -2.09. The monoisotopic (exact) mass is 246 g/mol. The van der Waals surface area contributed by atoms with Gasteiger partial charge in [-0.3, -0.25) is 0 Å². The number of anilines is 1. The van der Waals surface area contributed by atoms with Gasteiger partial charge in [-0.15, -0.1) is 0 Å². The predicted octanol–water partition coefficient (Wildman–Crippen LogP) is 2.06. The van der Waals surface area contributed by atoms with Crippen LogP contribution in [0.25, 0.3) is 0 Å². The molecule has 5 heteroatoms. The zero-order valence-electron chi connectivity index (χ0n) is 10.8. The summed E-state index contributed by atoms with van der Waals surface area (Å²) in [6.45, 7) is 4.18. The minimum Gasteiger partial charge on any atom is -0.380 e. The van der Waals surface area contributed by atoms with Crippen molar-refractivity contribution in [2.24, 2.45) is 0 Å². The van der Waals surface area contributed by atoms with E-state index in [4.69, 9.17) is 4.74 Å². The second-order valence-electron chi connectivity index (χ2n) is 3.98. The van der Waals surface area contributed by atoms with Gasteiger partial charge in [0, 0.05) is 19.3 Å². The van der Waals surface area contributed by atoms with Crippen LogP contribution in [0.5, 0.6) is 0 Å². The summed E-state index contributed by atoms with van der Waals surface area (Å²) in [5.41, 5.74) is 2.22. The SMILES string of the molecule is CCn1ncnc1CNc1cccc(COC)c1. The Kier molecular flexibility index (Phi) is 4.30. The molecule has 18 heavy (non-hydrogen) atoms. The van der Waals surface area contributed by atoms with Crippen molar-refractivity contribution in [1.82, 2.24) is 14.8 Å². The molecule has 5 nitrogen and oxygen atoms in total. The molecule has 0 fully saturated rings. The molecule has 1 aromatic heterocycles. The van der Waals surface area contributed by atoms with E-state index in [1.165, 1.54) is 0 Å². The lowest BCUT2D eigenvalue weighted by atomic mass is 10.2. The standard InChI is InChI=1S/C13H18N4O/c1-3-17-13(15-10-16-17)8-14-12-6-4-5-11(7-12)9-18-2/h4-7,10,14H,3,8-9H2,1-2H3. The van der Waals surface area contributed by atoms with Gasteiger partial charge in [0.1, 0.15) is 12.2 Å². The summed E-state index contributed by atoms with van der Waals surface area (Å²) in [7, 11) is 1.70. The molecule has 0 bridgehead atoms. The normalized spacial score (nSPS) is 10.6. The van der Waals surface area contributed by atoms with Crippen molar-refractivity contribution in [3.63, 3.8) is 0 Å². The van der Waals surface area contributed by atoms with E-state index in [0.29, 0.717) is 13.2 Å². The molecule has 0 radical (unpaired) electrons. The molecule has 0 amide bonds. The van der Waals surface area contributed by atoms with Crippen LogP contribution in [0.4, 0.5) is 5.69 Å². The highest BCUT2D eigenvalue weighted by Crippen LogP contribution is 2.12. The Balaban J connectivity index is 1.99. The highest BCUT2D eigenvalue weighted by atomic mass is 16.5. The number of methoxy groups -OCH3 is 1. The summed E-state index contributed by atoms with van der Waals surface area (Å²) in [6.07, 6.45) is 1.59. The molecule has 0 saturated heterocycles. The average molecular weight is 246 g/mol. The van der Waals surface area contributed by atoms with Crippen molar-refractivity contribution in [1.29, 1.82) is 0 Å². The van der Waals surface area contributed by atoms with Gasteiger partial charge in [-0.1, -0.05) is 12.1 Å². The average Bonchev–Trinajstić information content (AvgIpc) is 2.84. The summed E-state index contributed by atoms with van der Waals surface area (Å²) < 4.78 is 7.00. The molecule has 0 atom stereocenters. The van der Waals surface area contributed by atoms with E-state index in [9.17, 15) is 0 Å². The fraction of sp³-hybridized carbons (Fsp3) is 0.385. The van der Waals surface area contributed by atoms with Gasteiger partial charge < -0.3 is 10.1 Å². The number of ether oxygens (including phenoxy) is 1. The van der Waals surface area contributed by atoms with Gasteiger partial charge in [0.25, 0.3) is 0 Å². The molecule has 0 spiro atoms. The minimum atomic E-state index is 0.626. The topological polar surface area (TPSA) is 52.0 Å². The summed E-state index contributed by atoms with van der Waals surface area (Å²) in [5.74, 6) is 0.939. The second kappa shape index (κ2) is 6.16. The number of aryl methyl sites for hydroxylation is 1. The van der Waals surface area contributed by atoms with Gasteiger partial charge >= 0.3 is 0 Å². The fourth-order valence-electron chi connectivity index (χ4n) is 1.81. The van der Waals surface area contributed by atoms with Crippen molar-refractivity contribution in [2.45, 2.75) is 26.6 Å². The molecule has 1 N–H and O–H groups in total. The summed E-state index contributed by atoms with van der Waals surface area (Å²) in [4.78, 5) is 4.23. The van der Waals surface area contributed by atoms with Crippen molar-refractivity contribution >= 4 is 5.69 Å². The molecule has 0 aliphatic heterocycles. The van der Waals surface area contributed by atoms with Crippen LogP contribution in [-0.2, 0) is 24.4 Å². The van der Waals surface area contributed by atoms with Gasteiger partial charge in [0.15, 0.2) is 0 Å². The Hall–Kier alpha value is -1.88. The highest BCUT2D eigenvalue weighted by molar-refractivity contribution is 5.45. The third-order valence-corrected chi connectivity index (χ3v) is 2.68. The Morgan fingerprint density at radius 3 is 3.06 bits per heavy atom. The van der Waals surface area contributed by atoms with Crippen LogP contribution in [0.3, 0.4) is 0 Å².